The van der Waals surface area contributed by atoms with E-state index in [-0.39, 0.29) is 0 Å². The lowest BCUT2D eigenvalue weighted by molar-refractivity contribution is -0.890. The first-order chi connectivity index (χ1) is 11.2. The Labute approximate surface area is 140 Å². The lowest BCUT2D eigenvalue weighted by Crippen LogP contribution is -2.57. The average molecular weight is 316 g/mol. The molecule has 0 bridgehead atoms. The van der Waals surface area contributed by atoms with Gasteiger partial charge in [-0.15, -0.1) is 0 Å². The van der Waals surface area contributed by atoms with Gasteiger partial charge in [0, 0.05) is 12.0 Å². The summed E-state index contributed by atoms with van der Waals surface area (Å²) < 4.78 is 6.15. The monoisotopic (exact) mass is 316 g/mol. The van der Waals surface area contributed by atoms with E-state index in [0.29, 0.717) is 16.4 Å². The zero-order valence-electron chi connectivity index (χ0n) is 14.6. The lowest BCUT2D eigenvalue weighted by Gasteiger charge is -2.44. The van der Waals surface area contributed by atoms with Gasteiger partial charge in [-0.05, 0) is 49.8 Å². The van der Waals surface area contributed by atoms with Crippen molar-refractivity contribution >= 4 is 5.91 Å². The van der Waals surface area contributed by atoms with Crippen LogP contribution in [0, 0.1) is 0 Å². The maximum atomic E-state index is 13.2. The second-order valence-electron chi connectivity index (χ2n) is 7.16. The van der Waals surface area contributed by atoms with Crippen LogP contribution in [0.3, 0.4) is 0 Å². The van der Waals surface area contributed by atoms with Crippen molar-refractivity contribution in [1.29, 1.82) is 0 Å². The number of fused-ring (bicyclic) bond motifs is 1. The number of quaternary nitrogens is 1. The van der Waals surface area contributed by atoms with Gasteiger partial charge in [-0.1, -0.05) is 19.4 Å². The molecule has 1 atom stereocenters. The summed E-state index contributed by atoms with van der Waals surface area (Å²) in [6.45, 7) is 4.23. The number of carbonyl (C=O) groups excluding carboxylic acids is 1. The van der Waals surface area contributed by atoms with E-state index < -0.39 is 0 Å². The third-order valence-electron chi connectivity index (χ3n) is 5.85. The van der Waals surface area contributed by atoms with Crippen molar-refractivity contribution in [2.24, 2.45) is 0 Å². The summed E-state index contributed by atoms with van der Waals surface area (Å²) in [6, 6.07) is 6.80. The van der Waals surface area contributed by atoms with Crippen LogP contribution >= 0.6 is 0 Å². The van der Waals surface area contributed by atoms with E-state index >= 15 is 0 Å². The van der Waals surface area contributed by atoms with Crippen LogP contribution < -0.4 is 4.74 Å². The molecule has 1 aromatic rings. The van der Waals surface area contributed by atoms with E-state index in [1.165, 1.54) is 30.4 Å². The van der Waals surface area contributed by atoms with E-state index in [2.05, 4.69) is 25.1 Å². The fourth-order valence-electron chi connectivity index (χ4n) is 4.56. The van der Waals surface area contributed by atoms with Gasteiger partial charge in [-0.25, -0.2) is 4.79 Å². The summed E-state index contributed by atoms with van der Waals surface area (Å²) in [5.74, 6) is 1.40. The van der Waals surface area contributed by atoms with Crippen molar-refractivity contribution in [2.45, 2.75) is 64.3 Å². The second kappa shape index (κ2) is 7.04. The van der Waals surface area contributed by atoms with Crippen LogP contribution in [0.25, 0.3) is 0 Å². The van der Waals surface area contributed by atoms with Crippen LogP contribution in [-0.2, 0) is 11.2 Å². The zero-order chi connectivity index (χ0) is 16.3. The highest BCUT2D eigenvalue weighted by Crippen LogP contribution is 2.44. The number of benzene rings is 1. The topological polar surface area (TPSA) is 26.3 Å². The van der Waals surface area contributed by atoms with Gasteiger partial charge in [0.2, 0.25) is 0 Å². The van der Waals surface area contributed by atoms with Gasteiger partial charge in [0.05, 0.1) is 26.6 Å². The first kappa shape index (κ1) is 16.5. The number of piperidine rings is 1. The van der Waals surface area contributed by atoms with Crippen LogP contribution in [0.4, 0.5) is 0 Å². The summed E-state index contributed by atoms with van der Waals surface area (Å²) in [5.41, 5.74) is 2.79. The predicted molar refractivity (Wildman–Crippen MR) is 92.4 cm³/mol. The molecular formula is C20H30NO2+. The smallest absolute Gasteiger partial charge is 0.314 e. The van der Waals surface area contributed by atoms with E-state index in [0.717, 1.165) is 50.9 Å². The van der Waals surface area contributed by atoms with Crippen LogP contribution in [0.5, 0.6) is 5.75 Å². The molecule has 23 heavy (non-hydrogen) atoms. The van der Waals surface area contributed by atoms with Crippen molar-refractivity contribution < 1.29 is 14.0 Å². The number of likely N-dealkylation sites (tertiary alicyclic amines) is 1. The lowest BCUT2D eigenvalue weighted by atomic mass is 9.97. The fraction of sp³-hybridized carbons (Fsp3) is 0.650. The van der Waals surface area contributed by atoms with Crippen LogP contribution in [0.1, 0.15) is 69.0 Å². The molecule has 3 nitrogen and oxygen atoms in total. The summed E-state index contributed by atoms with van der Waals surface area (Å²) in [4.78, 5) is 13.2. The first-order valence-electron chi connectivity index (χ1n) is 9.28. The molecule has 0 N–H and O–H groups in total. The van der Waals surface area contributed by atoms with Gasteiger partial charge >= 0.3 is 5.91 Å². The third kappa shape index (κ3) is 3.03. The minimum atomic E-state index is 0.352. The van der Waals surface area contributed by atoms with Crippen LogP contribution in [0.15, 0.2) is 18.2 Å². The number of methoxy groups -OCH3 is 1. The maximum Gasteiger partial charge on any atom is 0.314 e. The van der Waals surface area contributed by atoms with Gasteiger partial charge < -0.3 is 4.74 Å². The fourth-order valence-corrected chi connectivity index (χ4v) is 4.56. The van der Waals surface area contributed by atoms with Gasteiger partial charge in [-0.2, -0.15) is 0 Å². The van der Waals surface area contributed by atoms with E-state index in [1.807, 2.05) is 0 Å². The summed E-state index contributed by atoms with van der Waals surface area (Å²) >= 11 is 0. The summed E-state index contributed by atoms with van der Waals surface area (Å²) in [6.07, 6.45) is 8.73. The number of hydrogen-bond acceptors (Lipinski definition) is 2. The van der Waals surface area contributed by atoms with Crippen LogP contribution in [-0.4, -0.2) is 30.6 Å². The molecule has 1 aromatic carbocycles. The molecule has 0 aromatic heterocycles. The average Bonchev–Trinajstić information content (AvgIpc) is 3.03. The van der Waals surface area contributed by atoms with Crippen molar-refractivity contribution in [3.8, 4) is 5.75 Å². The molecule has 0 saturated carbocycles. The first-order valence-corrected chi connectivity index (χ1v) is 9.28. The number of ether oxygens (including phenoxy) is 1. The molecule has 126 valence electrons. The highest BCUT2D eigenvalue weighted by atomic mass is 16.5. The number of rotatable bonds is 5. The number of hydrogen-bond donors (Lipinski definition) is 0. The molecular weight excluding hydrogens is 286 g/mol. The molecule has 3 rings (SSSR count). The Morgan fingerprint density at radius 1 is 1.26 bits per heavy atom. The maximum absolute atomic E-state index is 13.2. The molecule has 1 heterocycles. The van der Waals surface area contributed by atoms with E-state index in [9.17, 15) is 4.79 Å². The number of nitrogens with zero attached hydrogens (tertiary/aromatic N) is 1. The number of unbranched alkanes of at least 4 members (excludes halogenated alkanes) is 1. The van der Waals surface area contributed by atoms with Gasteiger partial charge in [0.1, 0.15) is 11.8 Å². The molecule has 2 aliphatic rings. The zero-order valence-corrected chi connectivity index (χ0v) is 14.6. The molecule has 1 saturated heterocycles. The molecule has 0 radical (unpaired) electrons. The summed E-state index contributed by atoms with van der Waals surface area (Å²) in [7, 11) is 1.73. The van der Waals surface area contributed by atoms with E-state index in [4.69, 9.17) is 4.74 Å². The minimum Gasteiger partial charge on any atom is -0.497 e. The highest BCUT2D eigenvalue weighted by Gasteiger charge is 2.47. The Kier molecular flexibility index (Phi) is 5.05. The standard InChI is InChI=1S/C20H30NO2/c1-3-4-8-20(22)21(13-6-5-7-14-21)19-12-10-16-9-11-17(23-2)15-18(16)19/h9,11,15,19H,3-8,10,12-14H2,1-2H3/q+1. The van der Waals surface area contributed by atoms with Gasteiger partial charge in [0.15, 0.2) is 0 Å². The van der Waals surface area contributed by atoms with Crippen molar-refractivity contribution in [2.75, 3.05) is 20.2 Å². The molecule has 1 aliphatic carbocycles. The van der Waals surface area contributed by atoms with Gasteiger partial charge in [-0.3, -0.25) is 4.48 Å². The predicted octanol–water partition coefficient (Wildman–Crippen LogP) is 4.40. The third-order valence-corrected chi connectivity index (χ3v) is 5.85. The van der Waals surface area contributed by atoms with Gasteiger partial charge in [0.25, 0.3) is 0 Å². The highest BCUT2D eigenvalue weighted by molar-refractivity contribution is 5.69. The Balaban J connectivity index is 1.94. The second-order valence-corrected chi connectivity index (χ2v) is 7.16. The minimum absolute atomic E-state index is 0.352. The Hall–Kier alpha value is -1.35. The number of carbonyl (C=O) groups is 1. The normalized spacial score (nSPS) is 22.6. The van der Waals surface area contributed by atoms with E-state index in [1.54, 1.807) is 7.11 Å². The number of aryl methyl sites for hydroxylation is 1. The SMILES string of the molecule is CCCCC(=O)[N+]1(C2CCc3ccc(OC)cc32)CCCCC1. The molecule has 3 heteroatoms. The van der Waals surface area contributed by atoms with Crippen molar-refractivity contribution in [3.05, 3.63) is 29.3 Å². The molecule has 1 unspecified atom stereocenters. The molecule has 1 fully saturated rings. The quantitative estimate of drug-likeness (QED) is 0.753. The molecule has 1 amide bonds. The largest absolute Gasteiger partial charge is 0.497 e. The van der Waals surface area contributed by atoms with Crippen molar-refractivity contribution in [3.63, 3.8) is 0 Å². The summed E-state index contributed by atoms with van der Waals surface area (Å²) in [5, 5.41) is 0. The number of amides is 1. The molecule has 0 spiro atoms. The Bertz CT molecular complexity index is 561. The Morgan fingerprint density at radius 2 is 2.04 bits per heavy atom. The molecule has 1 aliphatic heterocycles. The Morgan fingerprint density at radius 3 is 2.74 bits per heavy atom. The van der Waals surface area contributed by atoms with Crippen molar-refractivity contribution in [1.82, 2.24) is 0 Å². The van der Waals surface area contributed by atoms with Crippen LogP contribution in [0.2, 0.25) is 0 Å².